The second-order valence-corrected chi connectivity index (χ2v) is 7.92. The molecule has 0 amide bonds. The fraction of sp³-hybridized carbons (Fsp3) is 0.722. The third kappa shape index (κ3) is 4.53. The maximum absolute atomic E-state index is 4.34. The van der Waals surface area contributed by atoms with E-state index in [1.54, 1.807) is 0 Å². The lowest BCUT2D eigenvalue weighted by molar-refractivity contribution is 0.171. The molecule has 2 aliphatic rings. The van der Waals surface area contributed by atoms with Gasteiger partial charge in [-0.2, -0.15) is 0 Å². The van der Waals surface area contributed by atoms with Crippen LogP contribution >= 0.6 is 15.9 Å². The van der Waals surface area contributed by atoms with E-state index < -0.39 is 0 Å². The summed E-state index contributed by atoms with van der Waals surface area (Å²) in [6.07, 6.45) is 13.5. The van der Waals surface area contributed by atoms with Crippen LogP contribution in [0.4, 0.5) is 0 Å². The maximum atomic E-state index is 4.34. The molecule has 2 nitrogen and oxygen atoms in total. The van der Waals surface area contributed by atoms with Crippen molar-refractivity contribution in [1.82, 2.24) is 10.3 Å². The standard InChI is InChI=1S/C18H27BrN2/c1-2-13-3-4-15(11-21-18-5-6-18)16(7-13)8-14-9-17(19)12-20-10-14/h9-10,12-13,15-16,18,21H,2-8,11H2,1H3. The highest BCUT2D eigenvalue weighted by Gasteiger charge is 2.31. The van der Waals surface area contributed by atoms with Crippen molar-refractivity contribution in [2.45, 2.75) is 57.9 Å². The molecule has 1 aromatic rings. The van der Waals surface area contributed by atoms with Crippen LogP contribution in [0.1, 0.15) is 51.0 Å². The first-order chi connectivity index (χ1) is 10.2. The van der Waals surface area contributed by atoms with Crippen LogP contribution in [0.25, 0.3) is 0 Å². The van der Waals surface area contributed by atoms with Gasteiger partial charge in [0.05, 0.1) is 0 Å². The van der Waals surface area contributed by atoms with Gasteiger partial charge in [0, 0.05) is 22.9 Å². The molecule has 1 heterocycles. The summed E-state index contributed by atoms with van der Waals surface area (Å²) in [5.41, 5.74) is 1.39. The molecule has 2 saturated carbocycles. The van der Waals surface area contributed by atoms with Gasteiger partial charge in [-0.1, -0.05) is 19.8 Å². The second-order valence-electron chi connectivity index (χ2n) is 7.01. The summed E-state index contributed by atoms with van der Waals surface area (Å²) in [6, 6.07) is 3.08. The minimum absolute atomic E-state index is 0.825. The Labute approximate surface area is 137 Å². The minimum atomic E-state index is 0.825. The van der Waals surface area contributed by atoms with Crippen LogP contribution < -0.4 is 5.32 Å². The van der Waals surface area contributed by atoms with E-state index in [2.05, 4.69) is 39.2 Å². The summed E-state index contributed by atoms with van der Waals surface area (Å²) in [5, 5.41) is 3.76. The Morgan fingerprint density at radius 1 is 1.19 bits per heavy atom. The number of aromatic nitrogens is 1. The van der Waals surface area contributed by atoms with Crippen LogP contribution in [0.15, 0.2) is 22.9 Å². The van der Waals surface area contributed by atoms with Crippen LogP contribution in [-0.4, -0.2) is 17.6 Å². The first kappa shape index (κ1) is 15.5. The van der Waals surface area contributed by atoms with Gasteiger partial charge in [0.1, 0.15) is 0 Å². The van der Waals surface area contributed by atoms with E-state index in [0.29, 0.717) is 0 Å². The average molecular weight is 351 g/mol. The Hall–Kier alpha value is -0.410. The quantitative estimate of drug-likeness (QED) is 0.811. The largest absolute Gasteiger partial charge is 0.314 e. The number of rotatable bonds is 6. The van der Waals surface area contributed by atoms with Crippen molar-refractivity contribution in [1.29, 1.82) is 0 Å². The van der Waals surface area contributed by atoms with Gasteiger partial charge in [0.2, 0.25) is 0 Å². The summed E-state index contributed by atoms with van der Waals surface area (Å²) >= 11 is 3.55. The van der Waals surface area contributed by atoms with Gasteiger partial charge < -0.3 is 5.32 Å². The molecule has 21 heavy (non-hydrogen) atoms. The van der Waals surface area contributed by atoms with E-state index in [4.69, 9.17) is 0 Å². The number of hydrogen-bond donors (Lipinski definition) is 1. The summed E-state index contributed by atoms with van der Waals surface area (Å²) in [4.78, 5) is 4.34. The molecular formula is C18H27BrN2. The third-order valence-corrected chi connectivity index (χ3v) is 5.76. The van der Waals surface area contributed by atoms with Gasteiger partial charge in [-0.25, -0.2) is 0 Å². The van der Waals surface area contributed by atoms with Crippen LogP contribution in [0.5, 0.6) is 0 Å². The maximum Gasteiger partial charge on any atom is 0.0410 e. The van der Waals surface area contributed by atoms with E-state index >= 15 is 0 Å². The van der Waals surface area contributed by atoms with Crippen LogP contribution in [-0.2, 0) is 6.42 Å². The van der Waals surface area contributed by atoms with E-state index in [1.165, 1.54) is 57.1 Å². The van der Waals surface area contributed by atoms with E-state index in [1.807, 2.05) is 12.4 Å². The van der Waals surface area contributed by atoms with Crippen molar-refractivity contribution >= 4 is 15.9 Å². The molecule has 1 N–H and O–H groups in total. The van der Waals surface area contributed by atoms with Crippen molar-refractivity contribution in [3.05, 3.63) is 28.5 Å². The number of halogens is 1. The van der Waals surface area contributed by atoms with Crippen molar-refractivity contribution in [3.8, 4) is 0 Å². The molecule has 0 radical (unpaired) electrons. The molecule has 1 aromatic heterocycles. The van der Waals surface area contributed by atoms with Gasteiger partial charge in [-0.05, 0) is 84.0 Å². The number of nitrogens with one attached hydrogen (secondary N) is 1. The highest BCUT2D eigenvalue weighted by molar-refractivity contribution is 9.10. The summed E-state index contributed by atoms with van der Waals surface area (Å²) < 4.78 is 1.11. The van der Waals surface area contributed by atoms with E-state index in [0.717, 1.165) is 28.3 Å². The van der Waals surface area contributed by atoms with Crippen molar-refractivity contribution in [3.63, 3.8) is 0 Å². The fourth-order valence-electron chi connectivity index (χ4n) is 3.79. The Balaban J connectivity index is 1.63. The predicted molar refractivity (Wildman–Crippen MR) is 91.3 cm³/mol. The minimum Gasteiger partial charge on any atom is -0.314 e. The molecule has 0 spiro atoms. The number of hydrogen-bond acceptors (Lipinski definition) is 2. The smallest absolute Gasteiger partial charge is 0.0410 e. The zero-order valence-electron chi connectivity index (χ0n) is 13.0. The summed E-state index contributed by atoms with van der Waals surface area (Å²) in [7, 11) is 0. The molecule has 2 fully saturated rings. The average Bonchev–Trinajstić information content (AvgIpc) is 3.30. The Kier molecular flexibility index (Phi) is 5.33. The Morgan fingerprint density at radius 3 is 2.76 bits per heavy atom. The van der Waals surface area contributed by atoms with E-state index in [-0.39, 0.29) is 0 Å². The lowest BCUT2D eigenvalue weighted by Crippen LogP contribution is -2.35. The molecule has 0 saturated heterocycles. The molecule has 3 rings (SSSR count). The highest BCUT2D eigenvalue weighted by atomic mass is 79.9. The van der Waals surface area contributed by atoms with Crippen LogP contribution in [0.3, 0.4) is 0 Å². The predicted octanol–water partition coefficient (Wildman–Crippen LogP) is 4.58. The summed E-state index contributed by atoms with van der Waals surface area (Å²) in [6.45, 7) is 3.58. The van der Waals surface area contributed by atoms with E-state index in [9.17, 15) is 0 Å². The molecule has 116 valence electrons. The number of nitrogens with zero attached hydrogens (tertiary/aromatic N) is 1. The van der Waals surface area contributed by atoms with Crippen LogP contribution in [0, 0.1) is 17.8 Å². The molecule has 3 unspecified atom stereocenters. The molecular weight excluding hydrogens is 324 g/mol. The molecule has 3 atom stereocenters. The molecule has 2 aliphatic carbocycles. The zero-order chi connectivity index (χ0) is 14.7. The summed E-state index contributed by atoms with van der Waals surface area (Å²) in [5.74, 6) is 2.62. The highest BCUT2D eigenvalue weighted by Crippen LogP contribution is 2.37. The molecule has 0 bridgehead atoms. The van der Waals surface area contributed by atoms with Crippen molar-refractivity contribution < 1.29 is 0 Å². The third-order valence-electron chi connectivity index (χ3n) is 5.33. The Morgan fingerprint density at radius 2 is 2.05 bits per heavy atom. The van der Waals surface area contributed by atoms with Gasteiger partial charge in [-0.15, -0.1) is 0 Å². The van der Waals surface area contributed by atoms with Crippen molar-refractivity contribution in [2.75, 3.05) is 6.54 Å². The monoisotopic (exact) mass is 350 g/mol. The van der Waals surface area contributed by atoms with Gasteiger partial charge in [-0.3, -0.25) is 4.98 Å². The zero-order valence-corrected chi connectivity index (χ0v) is 14.6. The normalized spacial score (nSPS) is 29.5. The first-order valence-electron chi connectivity index (χ1n) is 8.57. The van der Waals surface area contributed by atoms with Crippen molar-refractivity contribution in [2.24, 2.45) is 17.8 Å². The molecule has 0 aliphatic heterocycles. The van der Waals surface area contributed by atoms with Crippen LogP contribution in [0.2, 0.25) is 0 Å². The lowest BCUT2D eigenvalue weighted by atomic mass is 9.71. The number of pyridine rings is 1. The molecule has 0 aromatic carbocycles. The Bertz CT molecular complexity index is 458. The fourth-order valence-corrected chi connectivity index (χ4v) is 4.20. The SMILES string of the molecule is CCC1CCC(CNC2CC2)C(Cc2cncc(Br)c2)C1. The topological polar surface area (TPSA) is 24.9 Å². The molecule has 3 heteroatoms. The second kappa shape index (κ2) is 7.23. The van der Waals surface area contributed by atoms with Gasteiger partial charge in [0.15, 0.2) is 0 Å². The van der Waals surface area contributed by atoms with Gasteiger partial charge >= 0.3 is 0 Å². The van der Waals surface area contributed by atoms with Gasteiger partial charge in [0.25, 0.3) is 0 Å². The lowest BCUT2D eigenvalue weighted by Gasteiger charge is -2.36. The first-order valence-corrected chi connectivity index (χ1v) is 9.36.